The molecule has 0 radical (unpaired) electrons. The third-order valence-electron chi connectivity index (χ3n) is 6.91. The van der Waals surface area contributed by atoms with Crippen LogP contribution in [0.5, 0.6) is 0 Å². The van der Waals surface area contributed by atoms with Crippen LogP contribution in [0.2, 0.25) is 0 Å². The number of nitrogens with one attached hydrogen (secondary N) is 2. The summed E-state index contributed by atoms with van der Waals surface area (Å²) in [5.74, 6) is -3.56. The molecule has 45 heavy (non-hydrogen) atoms. The van der Waals surface area contributed by atoms with Gasteiger partial charge in [0.2, 0.25) is 5.91 Å². The van der Waals surface area contributed by atoms with Crippen LogP contribution in [0.4, 0.5) is 9.59 Å². The van der Waals surface area contributed by atoms with Gasteiger partial charge in [-0.2, -0.15) is 5.10 Å². The number of carbonyl (C=O) groups excluding carboxylic acids is 6. The SMILES string of the molecule is CC(=O)OCC1=C(C(=O)[O-])N2C(=O)C(NC(=O)[C@H](NC(=O)N3CCN(N=Cc4cccnc4)C3=O)c3ccccc3)[C@H]2SC1.[Na+]. The number of carboxylic acid groups (broad SMARTS) is 1. The molecule has 5 rings (SSSR count). The molecule has 228 valence electrons. The second-order valence-corrected chi connectivity index (χ2v) is 10.9. The molecule has 3 aliphatic rings. The number of esters is 1. The number of aromatic nitrogens is 1. The fourth-order valence-corrected chi connectivity index (χ4v) is 6.09. The van der Waals surface area contributed by atoms with Gasteiger partial charge in [0, 0.05) is 36.2 Å². The number of hydrogen-bond acceptors (Lipinski definition) is 11. The molecule has 0 aliphatic carbocycles. The summed E-state index contributed by atoms with van der Waals surface area (Å²) in [4.78, 5) is 81.7. The first-order chi connectivity index (χ1) is 21.2. The van der Waals surface area contributed by atoms with Crippen molar-refractivity contribution >= 4 is 53.8 Å². The molecular weight excluding hydrogens is 617 g/mol. The standard InChI is InChI=1S/C28H27N7O8S.Na/c1-16(36)43-14-19-15-44-25-21(24(38)35(25)22(19)26(39)40)31-23(37)20(18-7-3-2-4-8-18)32-27(41)33-10-11-34(28(33)42)30-13-17-6-5-9-29-12-17;/h2-9,12-13,20-21,25H,10-11,14-15H2,1H3,(H,31,37)(H,32,41)(H,39,40);/q;+1/p-1/t20-,21?,25-;/m1./s1. The van der Waals surface area contributed by atoms with Crippen LogP contribution in [0.25, 0.3) is 0 Å². The number of thioether (sulfide) groups is 1. The summed E-state index contributed by atoms with van der Waals surface area (Å²) in [7, 11) is 0. The zero-order valence-electron chi connectivity index (χ0n) is 24.2. The minimum Gasteiger partial charge on any atom is -0.543 e. The van der Waals surface area contributed by atoms with Crippen molar-refractivity contribution in [3.8, 4) is 0 Å². The van der Waals surface area contributed by atoms with Crippen LogP contribution in [0.1, 0.15) is 24.1 Å². The Balaban J connectivity index is 0.00000461. The number of fused-ring (bicyclic) bond motifs is 1. The first kappa shape index (κ1) is 33.6. The zero-order chi connectivity index (χ0) is 31.4. The number of ether oxygens (including phenoxy) is 1. The van der Waals surface area contributed by atoms with Crippen molar-refractivity contribution in [2.24, 2.45) is 5.10 Å². The van der Waals surface area contributed by atoms with Crippen LogP contribution in [0, 0.1) is 0 Å². The molecule has 0 spiro atoms. The zero-order valence-corrected chi connectivity index (χ0v) is 27.1. The molecule has 3 atom stereocenters. The van der Waals surface area contributed by atoms with E-state index in [1.54, 1.807) is 54.9 Å². The maximum absolute atomic E-state index is 13.5. The van der Waals surface area contributed by atoms with Crippen molar-refractivity contribution in [2.75, 3.05) is 25.4 Å². The first-order valence-corrected chi connectivity index (χ1v) is 14.4. The van der Waals surface area contributed by atoms with Crippen molar-refractivity contribution in [3.05, 3.63) is 77.3 Å². The number of hydrogen-bond donors (Lipinski definition) is 2. The van der Waals surface area contributed by atoms with E-state index in [-0.39, 0.29) is 60.6 Å². The monoisotopic (exact) mass is 643 g/mol. The number of pyridine rings is 1. The molecule has 1 aromatic carbocycles. The second kappa shape index (κ2) is 14.7. The van der Waals surface area contributed by atoms with Gasteiger partial charge in [-0.25, -0.2) is 19.5 Å². The molecule has 1 unspecified atom stereocenters. The van der Waals surface area contributed by atoms with E-state index < -0.39 is 59.0 Å². The first-order valence-electron chi connectivity index (χ1n) is 13.4. The molecule has 0 bridgehead atoms. The number of carbonyl (C=O) groups is 6. The van der Waals surface area contributed by atoms with Gasteiger partial charge in [-0.05, 0) is 11.6 Å². The van der Waals surface area contributed by atoms with E-state index in [1.165, 1.54) is 24.9 Å². The normalized spacial score (nSPS) is 19.8. The third kappa shape index (κ3) is 7.36. The van der Waals surface area contributed by atoms with Crippen molar-refractivity contribution in [2.45, 2.75) is 24.4 Å². The molecule has 15 nitrogen and oxygen atoms in total. The van der Waals surface area contributed by atoms with Gasteiger partial charge in [0.15, 0.2) is 0 Å². The molecular formula is C28H26N7NaO8S. The molecule has 0 saturated carbocycles. The number of rotatable bonds is 9. The predicted molar refractivity (Wildman–Crippen MR) is 152 cm³/mol. The summed E-state index contributed by atoms with van der Waals surface area (Å²) in [6.07, 6.45) is 4.60. The van der Waals surface area contributed by atoms with E-state index in [1.807, 2.05) is 0 Å². The Morgan fingerprint density at radius 2 is 1.91 bits per heavy atom. The van der Waals surface area contributed by atoms with Crippen molar-refractivity contribution in [1.29, 1.82) is 0 Å². The topological polar surface area (TPSA) is 194 Å². The fourth-order valence-electron chi connectivity index (χ4n) is 4.76. The number of hydrazone groups is 1. The molecule has 4 heterocycles. The number of urea groups is 2. The molecule has 2 saturated heterocycles. The Labute approximate surface area is 283 Å². The average molecular weight is 644 g/mol. The minimum absolute atomic E-state index is 0. The molecule has 17 heteroatoms. The van der Waals surface area contributed by atoms with Gasteiger partial charge in [-0.3, -0.25) is 24.3 Å². The molecule has 2 aromatic rings. The average Bonchev–Trinajstić information content (AvgIpc) is 3.40. The van der Waals surface area contributed by atoms with E-state index in [2.05, 4.69) is 20.7 Å². The summed E-state index contributed by atoms with van der Waals surface area (Å²) in [6, 6.07) is 7.77. The smallest absolute Gasteiger partial charge is 0.543 e. The van der Waals surface area contributed by atoms with E-state index in [0.717, 1.165) is 14.8 Å². The Kier molecular flexibility index (Phi) is 11.0. The number of amides is 6. The Bertz CT molecular complexity index is 1560. The Hall–Kier alpha value is -4.25. The van der Waals surface area contributed by atoms with Crippen LogP contribution in [-0.2, 0) is 23.9 Å². The van der Waals surface area contributed by atoms with Crippen molar-refractivity contribution in [1.82, 2.24) is 30.4 Å². The maximum Gasteiger partial charge on any atom is 1.00 e. The largest absolute Gasteiger partial charge is 1.00 e. The summed E-state index contributed by atoms with van der Waals surface area (Å²) < 4.78 is 4.91. The van der Waals surface area contributed by atoms with Gasteiger partial charge in [0.05, 0.1) is 31.0 Å². The second-order valence-electron chi connectivity index (χ2n) is 9.80. The van der Waals surface area contributed by atoms with Gasteiger partial charge in [-0.15, -0.1) is 11.8 Å². The molecule has 3 aliphatic heterocycles. The van der Waals surface area contributed by atoms with Gasteiger partial charge in [0.25, 0.3) is 5.91 Å². The summed E-state index contributed by atoms with van der Waals surface area (Å²) in [5, 5.41) is 21.5. The molecule has 1 aromatic heterocycles. The van der Waals surface area contributed by atoms with E-state index in [0.29, 0.717) is 11.1 Å². The van der Waals surface area contributed by atoms with Crippen LogP contribution in [0.3, 0.4) is 0 Å². The van der Waals surface area contributed by atoms with E-state index in [9.17, 15) is 33.9 Å². The number of nitrogens with zero attached hydrogens (tertiary/aromatic N) is 5. The van der Waals surface area contributed by atoms with Crippen molar-refractivity contribution < 1.29 is 68.2 Å². The van der Waals surface area contributed by atoms with Crippen molar-refractivity contribution in [3.63, 3.8) is 0 Å². The molecule has 2 N–H and O–H groups in total. The molecule has 2 fully saturated rings. The van der Waals surface area contributed by atoms with E-state index >= 15 is 0 Å². The van der Waals surface area contributed by atoms with Crippen LogP contribution >= 0.6 is 11.8 Å². The van der Waals surface area contributed by atoms with Gasteiger partial charge in [0.1, 0.15) is 24.1 Å². The fraction of sp³-hybridized carbons (Fsp3) is 0.286. The van der Waals surface area contributed by atoms with Gasteiger partial charge >= 0.3 is 47.6 Å². The van der Waals surface area contributed by atoms with Crippen LogP contribution in [0.15, 0.2) is 71.2 Å². The number of imide groups is 1. The van der Waals surface area contributed by atoms with E-state index in [4.69, 9.17) is 4.74 Å². The maximum atomic E-state index is 13.5. The minimum atomic E-state index is -1.61. The quantitative estimate of drug-likeness (QED) is 0.120. The van der Waals surface area contributed by atoms with Crippen LogP contribution < -0.4 is 45.3 Å². The van der Waals surface area contributed by atoms with Gasteiger partial charge < -0.3 is 25.3 Å². The Morgan fingerprint density at radius 1 is 1.16 bits per heavy atom. The number of β-lactam (4-membered cyclic amide) rings is 1. The summed E-state index contributed by atoms with van der Waals surface area (Å²) in [6.45, 7) is 1.00. The Morgan fingerprint density at radius 3 is 2.58 bits per heavy atom. The number of benzene rings is 1. The summed E-state index contributed by atoms with van der Waals surface area (Å²) >= 11 is 1.18. The third-order valence-corrected chi connectivity index (χ3v) is 8.25. The summed E-state index contributed by atoms with van der Waals surface area (Å²) in [5.41, 5.74) is 0.840. The van der Waals surface area contributed by atoms with Gasteiger partial charge in [-0.1, -0.05) is 36.4 Å². The number of carboxylic acids is 1. The number of aliphatic carboxylic acids is 1. The van der Waals surface area contributed by atoms with Crippen LogP contribution in [-0.4, -0.2) is 98.7 Å². The predicted octanol–water partition coefficient (Wildman–Crippen LogP) is -3.42. The molecule has 6 amide bonds.